The van der Waals surface area contributed by atoms with Crippen LogP contribution in [-0.4, -0.2) is 61.9 Å². The van der Waals surface area contributed by atoms with E-state index in [4.69, 9.17) is 9.84 Å². The molecule has 1 atom stereocenters. The molecular formula is C10H20N2O3. The van der Waals surface area contributed by atoms with Gasteiger partial charge in [-0.25, -0.2) is 0 Å². The average Bonchev–Trinajstić information content (AvgIpc) is 2.69. The van der Waals surface area contributed by atoms with Crippen LogP contribution in [0.1, 0.15) is 12.8 Å². The van der Waals surface area contributed by atoms with Crippen molar-refractivity contribution in [2.75, 3.05) is 39.9 Å². The maximum absolute atomic E-state index is 10.8. The van der Waals surface area contributed by atoms with E-state index in [1.54, 1.807) is 0 Å². The summed E-state index contributed by atoms with van der Waals surface area (Å²) in [5.74, 6) is -0.849. The Morgan fingerprint density at radius 1 is 1.53 bits per heavy atom. The molecule has 0 amide bonds. The molecule has 1 unspecified atom stereocenters. The Kier molecular flexibility index (Phi) is 5.60. The molecule has 0 aromatic carbocycles. The van der Waals surface area contributed by atoms with Gasteiger partial charge in [-0.05, 0) is 25.9 Å². The third-order valence-corrected chi connectivity index (χ3v) is 2.65. The van der Waals surface area contributed by atoms with E-state index in [-0.39, 0.29) is 6.61 Å². The fourth-order valence-corrected chi connectivity index (χ4v) is 1.79. The molecule has 88 valence electrons. The van der Waals surface area contributed by atoms with Gasteiger partial charge in [0.05, 0.1) is 6.61 Å². The smallest absolute Gasteiger partial charge is 0.323 e. The van der Waals surface area contributed by atoms with Crippen molar-refractivity contribution in [3.05, 3.63) is 0 Å². The van der Waals surface area contributed by atoms with Gasteiger partial charge >= 0.3 is 5.97 Å². The van der Waals surface area contributed by atoms with E-state index < -0.39 is 12.0 Å². The topological polar surface area (TPSA) is 61.8 Å². The zero-order chi connectivity index (χ0) is 11.1. The third kappa shape index (κ3) is 4.59. The van der Waals surface area contributed by atoms with Crippen molar-refractivity contribution in [2.24, 2.45) is 0 Å². The number of hydrogen-bond donors (Lipinski definition) is 2. The summed E-state index contributed by atoms with van der Waals surface area (Å²) in [6.07, 6.45) is 2.53. The summed E-state index contributed by atoms with van der Waals surface area (Å²) in [4.78, 5) is 13.1. The lowest BCUT2D eigenvalue weighted by Crippen LogP contribution is -2.43. The molecule has 0 aromatic rings. The number of ether oxygens (including phenoxy) is 1. The average molecular weight is 216 g/mol. The van der Waals surface area contributed by atoms with Crippen molar-refractivity contribution < 1.29 is 14.6 Å². The molecule has 1 saturated heterocycles. The van der Waals surface area contributed by atoms with Crippen molar-refractivity contribution in [3.63, 3.8) is 0 Å². The Hall–Kier alpha value is -0.650. The first kappa shape index (κ1) is 12.4. The molecule has 1 aliphatic heterocycles. The highest BCUT2D eigenvalue weighted by atomic mass is 16.5. The van der Waals surface area contributed by atoms with Crippen molar-refractivity contribution in [1.29, 1.82) is 0 Å². The first-order valence-corrected chi connectivity index (χ1v) is 5.41. The second-order valence-corrected chi connectivity index (χ2v) is 3.85. The van der Waals surface area contributed by atoms with Crippen LogP contribution in [0.3, 0.4) is 0 Å². The van der Waals surface area contributed by atoms with Crippen LogP contribution >= 0.6 is 0 Å². The van der Waals surface area contributed by atoms with Gasteiger partial charge < -0.3 is 20.1 Å². The molecule has 5 heteroatoms. The zero-order valence-corrected chi connectivity index (χ0v) is 9.24. The summed E-state index contributed by atoms with van der Waals surface area (Å²) in [5.41, 5.74) is 0. The van der Waals surface area contributed by atoms with E-state index in [1.165, 1.54) is 20.0 Å². The minimum atomic E-state index is -0.849. The number of carboxylic acid groups (broad SMARTS) is 1. The standard InChI is InChI=1S/C10H20N2O3/c1-15-8-9(10(13)14)11-4-7-12-5-2-3-6-12/h9,11H,2-8H2,1H3,(H,13,14). The van der Waals surface area contributed by atoms with Crippen molar-refractivity contribution in [2.45, 2.75) is 18.9 Å². The Balaban J connectivity index is 2.12. The lowest BCUT2D eigenvalue weighted by molar-refractivity contribution is -0.140. The van der Waals surface area contributed by atoms with Crippen LogP contribution in [0.2, 0.25) is 0 Å². The van der Waals surface area contributed by atoms with Crippen molar-refractivity contribution in [3.8, 4) is 0 Å². The number of likely N-dealkylation sites (tertiary alicyclic amines) is 1. The second-order valence-electron chi connectivity index (χ2n) is 3.85. The molecule has 1 fully saturated rings. The normalized spacial score (nSPS) is 19.3. The van der Waals surface area contributed by atoms with Gasteiger partial charge in [-0.1, -0.05) is 0 Å². The van der Waals surface area contributed by atoms with Crippen LogP contribution in [0.15, 0.2) is 0 Å². The number of carboxylic acids is 1. The predicted octanol–water partition coefficient (Wildman–Crippen LogP) is -0.229. The first-order valence-electron chi connectivity index (χ1n) is 5.41. The van der Waals surface area contributed by atoms with Crippen LogP contribution in [0.25, 0.3) is 0 Å². The van der Waals surface area contributed by atoms with E-state index >= 15 is 0 Å². The highest BCUT2D eigenvalue weighted by Crippen LogP contribution is 2.05. The monoisotopic (exact) mass is 216 g/mol. The zero-order valence-electron chi connectivity index (χ0n) is 9.24. The van der Waals surface area contributed by atoms with Crippen LogP contribution in [-0.2, 0) is 9.53 Å². The highest BCUT2D eigenvalue weighted by Gasteiger charge is 2.17. The number of aliphatic carboxylic acids is 1. The van der Waals surface area contributed by atoms with E-state index in [2.05, 4.69) is 10.2 Å². The summed E-state index contributed by atoms with van der Waals surface area (Å²) in [5, 5.41) is 11.8. The molecule has 0 saturated carbocycles. The molecule has 1 aliphatic rings. The van der Waals surface area contributed by atoms with Crippen molar-refractivity contribution >= 4 is 5.97 Å². The lowest BCUT2D eigenvalue weighted by Gasteiger charge is -2.17. The number of nitrogens with zero attached hydrogens (tertiary/aromatic N) is 1. The highest BCUT2D eigenvalue weighted by molar-refractivity contribution is 5.73. The molecule has 1 heterocycles. The minimum absolute atomic E-state index is 0.218. The number of nitrogens with one attached hydrogen (secondary N) is 1. The van der Waals surface area contributed by atoms with E-state index in [0.717, 1.165) is 19.6 Å². The molecule has 1 rings (SSSR count). The Morgan fingerprint density at radius 2 is 2.20 bits per heavy atom. The molecule has 5 nitrogen and oxygen atoms in total. The summed E-state index contributed by atoms with van der Waals surface area (Å²) in [7, 11) is 1.51. The van der Waals surface area contributed by atoms with Gasteiger partial charge in [-0.15, -0.1) is 0 Å². The molecule has 0 spiro atoms. The van der Waals surface area contributed by atoms with Gasteiger partial charge in [0, 0.05) is 20.2 Å². The number of carbonyl (C=O) groups is 1. The maximum atomic E-state index is 10.8. The Bertz CT molecular complexity index is 193. The number of rotatable bonds is 7. The molecule has 15 heavy (non-hydrogen) atoms. The van der Waals surface area contributed by atoms with Gasteiger partial charge in [0.25, 0.3) is 0 Å². The van der Waals surface area contributed by atoms with Gasteiger partial charge in [0.2, 0.25) is 0 Å². The van der Waals surface area contributed by atoms with Crippen LogP contribution in [0.4, 0.5) is 0 Å². The van der Waals surface area contributed by atoms with Gasteiger partial charge in [-0.3, -0.25) is 4.79 Å². The predicted molar refractivity (Wildman–Crippen MR) is 57.0 cm³/mol. The molecule has 0 bridgehead atoms. The lowest BCUT2D eigenvalue weighted by atomic mass is 10.3. The minimum Gasteiger partial charge on any atom is -0.480 e. The Labute approximate surface area is 90.4 Å². The van der Waals surface area contributed by atoms with Gasteiger partial charge in [-0.2, -0.15) is 0 Å². The van der Waals surface area contributed by atoms with Crippen LogP contribution < -0.4 is 5.32 Å². The molecule has 0 radical (unpaired) electrons. The summed E-state index contributed by atoms with van der Waals surface area (Å²) in [6, 6.07) is -0.586. The van der Waals surface area contributed by atoms with Crippen LogP contribution in [0.5, 0.6) is 0 Å². The SMILES string of the molecule is COCC(NCCN1CCCC1)C(=O)O. The fraction of sp³-hybridized carbons (Fsp3) is 0.900. The fourth-order valence-electron chi connectivity index (χ4n) is 1.79. The van der Waals surface area contributed by atoms with Gasteiger partial charge in [0.15, 0.2) is 0 Å². The van der Waals surface area contributed by atoms with Crippen molar-refractivity contribution in [1.82, 2.24) is 10.2 Å². The molecule has 0 aromatic heterocycles. The van der Waals surface area contributed by atoms with E-state index in [9.17, 15) is 4.79 Å². The number of hydrogen-bond acceptors (Lipinski definition) is 4. The van der Waals surface area contributed by atoms with Gasteiger partial charge in [0.1, 0.15) is 6.04 Å². The largest absolute Gasteiger partial charge is 0.480 e. The second kappa shape index (κ2) is 6.76. The first-order chi connectivity index (χ1) is 7.24. The molecule has 2 N–H and O–H groups in total. The van der Waals surface area contributed by atoms with Crippen LogP contribution in [0, 0.1) is 0 Å². The van der Waals surface area contributed by atoms with E-state index in [1.807, 2.05) is 0 Å². The molecular weight excluding hydrogens is 196 g/mol. The Morgan fingerprint density at radius 3 is 2.73 bits per heavy atom. The van der Waals surface area contributed by atoms with E-state index in [0.29, 0.717) is 6.54 Å². The summed E-state index contributed by atoms with van der Waals surface area (Å²) >= 11 is 0. The molecule has 0 aliphatic carbocycles. The maximum Gasteiger partial charge on any atom is 0.323 e. The quantitative estimate of drug-likeness (QED) is 0.615. The summed E-state index contributed by atoms with van der Waals surface area (Å²) in [6.45, 7) is 4.14. The number of methoxy groups -OCH3 is 1. The summed E-state index contributed by atoms with van der Waals surface area (Å²) < 4.78 is 4.83. The third-order valence-electron chi connectivity index (χ3n) is 2.65.